The molecule has 1 atom stereocenters. The Balaban J connectivity index is 0.000000224. The third-order valence-electron chi connectivity index (χ3n) is 25.2. The second kappa shape index (κ2) is 38.7. The minimum absolute atomic E-state index is 0. The molecule has 1 amide bonds. The number of piperazine rings is 1. The molecule has 0 aromatic heterocycles. The number of fused-ring (bicyclic) bond motifs is 12. The molecule has 8 aromatic carbocycles. The first kappa shape index (κ1) is 93.7. The smallest absolute Gasteiger partial charge is 0.748 e. The van der Waals surface area contributed by atoms with Crippen LogP contribution in [0.1, 0.15) is 175 Å². The number of anilines is 2. The molecule has 25 heteroatoms. The molecule has 0 radical (unpaired) electrons. The molecule has 2 aliphatic carbocycles. The van der Waals surface area contributed by atoms with Crippen LogP contribution in [0.2, 0.25) is 0 Å². The third kappa shape index (κ3) is 21.0. The van der Waals surface area contributed by atoms with E-state index in [1.807, 2.05) is 36.4 Å². The van der Waals surface area contributed by atoms with E-state index in [-0.39, 0.29) is 82.5 Å². The van der Waals surface area contributed by atoms with Gasteiger partial charge >= 0.3 is 35.7 Å². The minimum Gasteiger partial charge on any atom is -0.748 e. The summed E-state index contributed by atoms with van der Waals surface area (Å²) in [5, 5.41) is 9.24. The van der Waals surface area contributed by atoms with Crippen LogP contribution < -0.4 is 39.4 Å². The number of unbranched alkanes of at least 4 members (excludes halogenated alkanes) is 2. The van der Waals surface area contributed by atoms with E-state index in [4.69, 9.17) is 4.74 Å². The standard InChI is InChI=1S/C50H58N4O8S2.C40H45NO6S2.C6H15N.Na/c1-6-62-48(55)52-31-29-51(30-32-52)47-37(21-25-43-49(2,3)45-39-15-9-7-13-35(39)19-23-41(45)53(43)27-11-33-63(56,57)58)17-18-38(47)22-26-44-50(4,5)46-40-16-10-8-14-36(40)20-24-42(46)54(44)28-12-34-64(59,60)61;1-39(2)34(32(18-9-11-26-48(42,43)44)33-23-21-28-14-5-7-16-30(28)37(33)39)19-13-20-36-40(3,4)38-31-17-8-6-15-29(31)22-24-35(38)41(36)25-10-12-27-49(45,46)47;1-4-7(5-2)6-3;/h7-10,13-16,19-26H,6,11-12,17-18,27-34H2,1-5H3,(H-,56,57,58,59,60,61);5-8,13-17,19-24,32H,9-12,18,25-27H2,1-4H3,(H-,42,43,44,45,46,47);4-6H2,1-3H3;/q;;;+1/p-1. The van der Waals surface area contributed by atoms with Crippen LogP contribution in [-0.2, 0) is 66.9 Å². The topological polar surface area (TPSA) is 271 Å². The van der Waals surface area contributed by atoms with Gasteiger partial charge in [-0.2, -0.15) is 13.0 Å². The SMILES string of the molecule is CC1(C)C(=CC=CC2=[N+](CCCCS(=O)(=O)[O-])c3ccc4ccccc4c3C2(C)C)C(CCCCS(=O)(=O)[O-])c2ccc3ccccc3c21.CCN(CC)CC.CCOC(=O)N1CC[N+](=C2C(=CC=C3N(CCCS(=O)(=O)[O-])c4ccc5ccccc5c4C3(C)C)CCC2=CC=C2N(CCCS(=O)(=O)O)c3ccc4ccccc4c3C2(C)C)CC1.[Na+]. The van der Waals surface area contributed by atoms with E-state index in [1.54, 1.807) is 11.8 Å². The minimum atomic E-state index is -4.39. The van der Waals surface area contributed by atoms with Crippen molar-refractivity contribution in [3.63, 3.8) is 0 Å². The van der Waals surface area contributed by atoms with Gasteiger partial charge in [0.05, 0.1) is 61.2 Å². The van der Waals surface area contributed by atoms with Gasteiger partial charge < -0.3 is 33.1 Å². The molecule has 0 bridgehead atoms. The van der Waals surface area contributed by atoms with Crippen LogP contribution in [0.15, 0.2) is 216 Å². The van der Waals surface area contributed by atoms with Crippen molar-refractivity contribution in [2.24, 2.45) is 0 Å². The van der Waals surface area contributed by atoms with Crippen LogP contribution in [0.4, 0.5) is 21.9 Å². The Kier molecular flexibility index (Phi) is 30.0. The van der Waals surface area contributed by atoms with E-state index >= 15 is 0 Å². The van der Waals surface area contributed by atoms with Crippen LogP contribution in [0.3, 0.4) is 0 Å². The Morgan fingerprint density at radius 3 is 1.39 bits per heavy atom. The van der Waals surface area contributed by atoms with Gasteiger partial charge in [0.25, 0.3) is 10.1 Å². The number of nitrogens with zero attached hydrogens (tertiary/aromatic N) is 6. The molecule has 1 saturated carbocycles. The number of ether oxygens (including phenoxy) is 1. The summed E-state index contributed by atoms with van der Waals surface area (Å²) in [5.41, 5.74) is 15.4. The summed E-state index contributed by atoms with van der Waals surface area (Å²) in [7, 11) is -17.1. The summed E-state index contributed by atoms with van der Waals surface area (Å²) >= 11 is 0. The summed E-state index contributed by atoms with van der Waals surface area (Å²) in [4.78, 5) is 21.3. The molecular weight excluding hydrogens is 1610 g/mol. The zero-order chi connectivity index (χ0) is 86.5. The third-order valence-corrected chi connectivity index (χ3v) is 28.4. The molecule has 1 unspecified atom stereocenters. The average Bonchev–Trinajstić information content (AvgIpc) is 1.59. The van der Waals surface area contributed by atoms with Gasteiger partial charge in [0.15, 0.2) is 18.8 Å². The molecule has 2 fully saturated rings. The van der Waals surface area contributed by atoms with Crippen LogP contribution >= 0.6 is 0 Å². The van der Waals surface area contributed by atoms with E-state index < -0.39 is 57.1 Å². The number of amides is 1. The number of allylic oxidation sites excluding steroid dienone is 12. The number of hydrogen-bond acceptors (Lipinski definition) is 16. The number of rotatable bonds is 26. The molecule has 1 saturated heterocycles. The van der Waals surface area contributed by atoms with Crippen LogP contribution in [0.5, 0.6) is 0 Å². The molecule has 14 rings (SSSR count). The van der Waals surface area contributed by atoms with E-state index in [2.05, 4.69) is 252 Å². The van der Waals surface area contributed by atoms with Crippen molar-refractivity contribution in [1.82, 2.24) is 9.80 Å². The molecule has 4 heterocycles. The first-order valence-electron chi connectivity index (χ1n) is 42.4. The van der Waals surface area contributed by atoms with Gasteiger partial charge in [-0.05, 0) is 181 Å². The summed E-state index contributed by atoms with van der Waals surface area (Å²) < 4.78 is 147. The van der Waals surface area contributed by atoms with Crippen LogP contribution in [-0.4, -0.2) is 183 Å². The van der Waals surface area contributed by atoms with Gasteiger partial charge in [0.2, 0.25) is 11.4 Å². The molecule has 121 heavy (non-hydrogen) atoms. The van der Waals surface area contributed by atoms with Crippen molar-refractivity contribution in [3.8, 4) is 0 Å². The maximum atomic E-state index is 12.8. The Morgan fingerprint density at radius 2 is 0.934 bits per heavy atom. The van der Waals surface area contributed by atoms with Crippen molar-refractivity contribution in [1.29, 1.82) is 0 Å². The van der Waals surface area contributed by atoms with Gasteiger partial charge in [-0.25, -0.2) is 34.6 Å². The first-order valence-corrected chi connectivity index (χ1v) is 48.7. The van der Waals surface area contributed by atoms with E-state index in [1.165, 1.54) is 63.6 Å². The number of benzene rings is 8. The van der Waals surface area contributed by atoms with Crippen molar-refractivity contribution >= 4 is 118 Å². The van der Waals surface area contributed by atoms with Gasteiger partial charge in [-0.15, -0.1) is 0 Å². The molecule has 4 aliphatic heterocycles. The predicted octanol–water partition coefficient (Wildman–Crippen LogP) is 14.8. The Morgan fingerprint density at radius 1 is 0.504 bits per heavy atom. The van der Waals surface area contributed by atoms with Crippen molar-refractivity contribution in [2.45, 2.75) is 168 Å². The van der Waals surface area contributed by atoms with E-state index in [0.29, 0.717) is 78.1 Å². The van der Waals surface area contributed by atoms with Gasteiger partial charge in [0.1, 0.15) is 6.54 Å². The monoisotopic (exact) mass is 1730 g/mol. The zero-order valence-electron chi connectivity index (χ0n) is 72.5. The zero-order valence-corrected chi connectivity index (χ0v) is 77.8. The molecule has 1 N–H and O–H groups in total. The summed E-state index contributed by atoms with van der Waals surface area (Å²) in [6.45, 7) is 33.6. The summed E-state index contributed by atoms with van der Waals surface area (Å²) in [6.07, 6.45) is 19.5. The van der Waals surface area contributed by atoms with Gasteiger partial charge in [-0.1, -0.05) is 220 Å². The fraction of sp³-hybridized carbons (Fsp3) is 0.427. The van der Waals surface area contributed by atoms with Crippen molar-refractivity contribution < 1.29 is 100 Å². The molecule has 0 spiro atoms. The number of carbonyl (C=O) groups excluding carboxylic acids is 1. The Bertz CT molecular complexity index is 5810. The van der Waals surface area contributed by atoms with E-state index in [0.717, 1.165) is 103 Å². The Labute approximate surface area is 739 Å². The maximum absolute atomic E-state index is 12.8. The average molecular weight is 1730 g/mol. The molecular formula is C96H117N6NaO14S4. The van der Waals surface area contributed by atoms with Crippen LogP contribution in [0.25, 0.3) is 43.1 Å². The second-order valence-electron chi connectivity index (χ2n) is 34.3. The first-order chi connectivity index (χ1) is 56.8. The molecule has 6 aliphatic rings. The molecule has 8 aromatic rings. The van der Waals surface area contributed by atoms with Crippen LogP contribution in [0, 0.1) is 0 Å². The van der Waals surface area contributed by atoms with Gasteiger partial charge in [0, 0.05) is 111 Å². The molecule has 640 valence electrons. The molecule has 20 nitrogen and oxygen atoms in total. The summed E-state index contributed by atoms with van der Waals surface area (Å²) in [5.74, 6) is -1.45. The second-order valence-corrected chi connectivity index (χ2v) is 40.4. The normalized spacial score (nSPS) is 19.6. The number of hydrogen-bond donors (Lipinski definition) is 1. The number of carbonyl (C=O) groups is 1. The fourth-order valence-corrected chi connectivity index (χ4v) is 21.6. The summed E-state index contributed by atoms with van der Waals surface area (Å²) in [6, 6.07) is 50.4. The van der Waals surface area contributed by atoms with Crippen molar-refractivity contribution in [2.75, 3.05) is 105 Å². The maximum Gasteiger partial charge on any atom is 1.00 e. The van der Waals surface area contributed by atoms with E-state index in [9.17, 15) is 56.7 Å². The van der Waals surface area contributed by atoms with Crippen molar-refractivity contribution in [3.05, 3.63) is 244 Å². The van der Waals surface area contributed by atoms with Gasteiger partial charge in [-0.3, -0.25) is 9.45 Å². The quantitative estimate of drug-likeness (QED) is 0.0228. The predicted molar refractivity (Wildman–Crippen MR) is 483 cm³/mol. The fourth-order valence-electron chi connectivity index (χ4n) is 19.5. The largest absolute Gasteiger partial charge is 1.00 e. The Hall–Kier alpha value is -7.95.